The van der Waals surface area contributed by atoms with Crippen LogP contribution in [-0.4, -0.2) is 30.0 Å². The lowest BCUT2D eigenvalue weighted by Gasteiger charge is -2.10. The lowest BCUT2D eigenvalue weighted by Crippen LogP contribution is -2.31. The molecule has 1 aromatic carbocycles. The molecule has 118 valence electrons. The summed E-state index contributed by atoms with van der Waals surface area (Å²) in [6.07, 6.45) is 3.68. The van der Waals surface area contributed by atoms with E-state index in [-0.39, 0.29) is 0 Å². The summed E-state index contributed by atoms with van der Waals surface area (Å²) in [5, 5.41) is 7.15. The van der Waals surface area contributed by atoms with Gasteiger partial charge in [0.15, 0.2) is 17.5 Å². The SMILES string of the molecule is COc1ccc(CNC(N)=NCc2cnn(C)c2)cc1OC. The van der Waals surface area contributed by atoms with Crippen LogP contribution >= 0.6 is 0 Å². The van der Waals surface area contributed by atoms with Gasteiger partial charge < -0.3 is 20.5 Å². The van der Waals surface area contributed by atoms with Crippen LogP contribution in [0.4, 0.5) is 0 Å². The molecule has 0 fully saturated rings. The number of methoxy groups -OCH3 is 2. The number of aliphatic imine (C=N–C) groups is 1. The summed E-state index contributed by atoms with van der Waals surface area (Å²) in [4.78, 5) is 4.27. The number of ether oxygens (including phenoxy) is 2. The number of nitrogens with two attached hydrogens (primary N) is 1. The van der Waals surface area contributed by atoms with E-state index in [2.05, 4.69) is 15.4 Å². The van der Waals surface area contributed by atoms with Crippen molar-refractivity contribution in [3.63, 3.8) is 0 Å². The number of rotatable bonds is 6. The van der Waals surface area contributed by atoms with Crippen LogP contribution in [-0.2, 0) is 20.1 Å². The number of nitrogens with one attached hydrogen (secondary N) is 1. The van der Waals surface area contributed by atoms with Crippen molar-refractivity contribution in [3.05, 3.63) is 41.7 Å². The molecule has 0 bridgehead atoms. The summed E-state index contributed by atoms with van der Waals surface area (Å²) in [6.45, 7) is 1.06. The van der Waals surface area contributed by atoms with Crippen LogP contribution in [0.2, 0.25) is 0 Å². The Hall–Kier alpha value is -2.70. The highest BCUT2D eigenvalue weighted by atomic mass is 16.5. The molecule has 0 atom stereocenters. The highest BCUT2D eigenvalue weighted by Crippen LogP contribution is 2.27. The van der Waals surface area contributed by atoms with Crippen molar-refractivity contribution < 1.29 is 9.47 Å². The molecule has 0 radical (unpaired) electrons. The molecule has 0 saturated carbocycles. The summed E-state index contributed by atoms with van der Waals surface area (Å²) in [5.41, 5.74) is 7.90. The average Bonchev–Trinajstić information content (AvgIpc) is 2.96. The molecule has 0 unspecified atom stereocenters. The third kappa shape index (κ3) is 4.15. The van der Waals surface area contributed by atoms with Crippen LogP contribution in [0.1, 0.15) is 11.1 Å². The topological polar surface area (TPSA) is 86.7 Å². The summed E-state index contributed by atoms with van der Waals surface area (Å²) in [7, 11) is 5.09. The Kier molecular flexibility index (Phi) is 5.24. The largest absolute Gasteiger partial charge is 0.493 e. The van der Waals surface area contributed by atoms with Gasteiger partial charge in [0.25, 0.3) is 0 Å². The van der Waals surface area contributed by atoms with Gasteiger partial charge in [0.1, 0.15) is 0 Å². The predicted molar refractivity (Wildman–Crippen MR) is 84.9 cm³/mol. The van der Waals surface area contributed by atoms with E-state index in [1.807, 2.05) is 31.4 Å². The normalized spacial score (nSPS) is 11.3. The molecule has 3 N–H and O–H groups in total. The van der Waals surface area contributed by atoms with Gasteiger partial charge in [-0.3, -0.25) is 4.68 Å². The summed E-state index contributed by atoms with van der Waals surface area (Å²) < 4.78 is 12.2. The third-order valence-corrected chi connectivity index (χ3v) is 3.11. The second kappa shape index (κ2) is 7.35. The molecule has 0 saturated heterocycles. The molecule has 1 aromatic heterocycles. The van der Waals surface area contributed by atoms with Crippen LogP contribution in [0, 0.1) is 0 Å². The molecular formula is C15H21N5O2. The van der Waals surface area contributed by atoms with Crippen LogP contribution in [0.25, 0.3) is 0 Å². The zero-order valence-electron chi connectivity index (χ0n) is 13.0. The first-order chi connectivity index (χ1) is 10.6. The molecule has 2 rings (SSSR count). The average molecular weight is 303 g/mol. The fourth-order valence-corrected chi connectivity index (χ4v) is 1.97. The Balaban J connectivity index is 1.91. The molecule has 0 aliphatic heterocycles. The van der Waals surface area contributed by atoms with Crippen LogP contribution in [0.3, 0.4) is 0 Å². The summed E-state index contributed by atoms with van der Waals surface area (Å²) in [6, 6.07) is 5.71. The minimum Gasteiger partial charge on any atom is -0.493 e. The van der Waals surface area contributed by atoms with E-state index in [4.69, 9.17) is 15.2 Å². The van der Waals surface area contributed by atoms with Crippen molar-refractivity contribution in [1.29, 1.82) is 0 Å². The second-order valence-electron chi connectivity index (χ2n) is 4.77. The molecule has 0 amide bonds. The lowest BCUT2D eigenvalue weighted by atomic mass is 10.2. The van der Waals surface area contributed by atoms with Gasteiger partial charge in [-0.05, 0) is 17.7 Å². The van der Waals surface area contributed by atoms with Gasteiger partial charge in [-0.15, -0.1) is 0 Å². The predicted octanol–water partition coefficient (Wildman–Crippen LogP) is 1.04. The van der Waals surface area contributed by atoms with Gasteiger partial charge in [0, 0.05) is 25.4 Å². The van der Waals surface area contributed by atoms with Gasteiger partial charge in [-0.1, -0.05) is 6.07 Å². The fraction of sp³-hybridized carbons (Fsp3) is 0.333. The smallest absolute Gasteiger partial charge is 0.189 e. The molecule has 0 aliphatic carbocycles. The van der Waals surface area contributed by atoms with Crippen molar-refractivity contribution >= 4 is 5.96 Å². The van der Waals surface area contributed by atoms with Crippen LogP contribution < -0.4 is 20.5 Å². The first-order valence-corrected chi connectivity index (χ1v) is 6.84. The highest BCUT2D eigenvalue weighted by molar-refractivity contribution is 5.77. The van der Waals surface area contributed by atoms with E-state index in [0.717, 1.165) is 11.1 Å². The number of hydrogen-bond acceptors (Lipinski definition) is 4. The quantitative estimate of drug-likeness (QED) is 0.615. The first kappa shape index (κ1) is 15.7. The maximum atomic E-state index is 5.86. The standard InChI is InChI=1S/C15H21N5O2/c1-20-10-12(9-19-20)8-18-15(16)17-7-11-4-5-13(21-2)14(6-11)22-3/h4-6,9-10H,7-8H2,1-3H3,(H3,16,17,18). The summed E-state index contributed by atoms with van der Waals surface area (Å²) in [5.74, 6) is 1.77. The van der Waals surface area contributed by atoms with Crippen molar-refractivity contribution in [2.75, 3.05) is 14.2 Å². The molecule has 0 spiro atoms. The molecule has 1 heterocycles. The number of benzene rings is 1. The maximum Gasteiger partial charge on any atom is 0.189 e. The minimum absolute atomic E-state index is 0.388. The summed E-state index contributed by atoms with van der Waals surface area (Å²) >= 11 is 0. The monoisotopic (exact) mass is 303 g/mol. The Morgan fingerprint density at radius 2 is 2.05 bits per heavy atom. The van der Waals surface area contributed by atoms with Crippen LogP contribution in [0.15, 0.2) is 35.6 Å². The molecule has 7 heteroatoms. The Morgan fingerprint density at radius 1 is 1.27 bits per heavy atom. The lowest BCUT2D eigenvalue weighted by molar-refractivity contribution is 0.354. The molecule has 22 heavy (non-hydrogen) atoms. The Morgan fingerprint density at radius 3 is 2.68 bits per heavy atom. The van der Waals surface area contributed by atoms with E-state index in [9.17, 15) is 0 Å². The van der Waals surface area contributed by atoms with Gasteiger partial charge in [0.2, 0.25) is 0 Å². The second-order valence-corrected chi connectivity index (χ2v) is 4.77. The van der Waals surface area contributed by atoms with Crippen LogP contribution in [0.5, 0.6) is 11.5 Å². The molecule has 7 nitrogen and oxygen atoms in total. The number of nitrogens with zero attached hydrogens (tertiary/aromatic N) is 3. The highest BCUT2D eigenvalue weighted by Gasteiger charge is 2.04. The van der Waals surface area contributed by atoms with Crippen molar-refractivity contribution in [1.82, 2.24) is 15.1 Å². The Labute approximate surface area is 129 Å². The number of aromatic nitrogens is 2. The molecule has 0 aliphatic rings. The maximum absolute atomic E-state index is 5.86. The minimum atomic E-state index is 0.388. The van der Waals surface area contributed by atoms with E-state index in [0.29, 0.717) is 30.5 Å². The van der Waals surface area contributed by atoms with E-state index < -0.39 is 0 Å². The Bertz CT molecular complexity index is 651. The zero-order chi connectivity index (χ0) is 15.9. The zero-order valence-corrected chi connectivity index (χ0v) is 13.0. The van der Waals surface area contributed by atoms with E-state index >= 15 is 0 Å². The van der Waals surface area contributed by atoms with Gasteiger partial charge >= 0.3 is 0 Å². The van der Waals surface area contributed by atoms with Crippen molar-refractivity contribution in [2.24, 2.45) is 17.8 Å². The van der Waals surface area contributed by atoms with Gasteiger partial charge in [-0.2, -0.15) is 5.10 Å². The molecular weight excluding hydrogens is 282 g/mol. The first-order valence-electron chi connectivity index (χ1n) is 6.84. The van der Waals surface area contributed by atoms with Crippen molar-refractivity contribution in [3.8, 4) is 11.5 Å². The third-order valence-electron chi connectivity index (χ3n) is 3.11. The molecule has 2 aromatic rings. The number of guanidine groups is 1. The van der Waals surface area contributed by atoms with Crippen molar-refractivity contribution in [2.45, 2.75) is 13.1 Å². The van der Waals surface area contributed by atoms with Gasteiger partial charge in [0.05, 0.1) is 27.0 Å². The van der Waals surface area contributed by atoms with Gasteiger partial charge in [-0.25, -0.2) is 4.99 Å². The van der Waals surface area contributed by atoms with E-state index in [1.54, 1.807) is 25.1 Å². The fourth-order valence-electron chi connectivity index (χ4n) is 1.97. The van der Waals surface area contributed by atoms with E-state index in [1.165, 1.54) is 0 Å². The number of aryl methyl sites for hydroxylation is 1. The number of hydrogen-bond donors (Lipinski definition) is 2.